The van der Waals surface area contributed by atoms with Crippen molar-refractivity contribution < 1.29 is 27.2 Å². The third kappa shape index (κ3) is 5.12. The fourth-order valence-electron chi connectivity index (χ4n) is 2.26. The van der Waals surface area contributed by atoms with Crippen LogP contribution in [0.25, 0.3) is 0 Å². The molecule has 0 bridgehead atoms. The van der Waals surface area contributed by atoms with Gasteiger partial charge in [0.15, 0.2) is 0 Å². The molecule has 0 aliphatic heterocycles. The number of amides is 2. The second-order valence-corrected chi connectivity index (χ2v) is 7.77. The predicted molar refractivity (Wildman–Crippen MR) is 100 cm³/mol. The molecule has 2 rings (SSSR count). The molecule has 0 atom stereocenters. The Morgan fingerprint density at radius 1 is 1.04 bits per heavy atom. The van der Waals surface area contributed by atoms with E-state index in [1.807, 2.05) is 0 Å². The maximum atomic E-state index is 12.9. The molecule has 0 aliphatic rings. The van der Waals surface area contributed by atoms with Crippen LogP contribution in [0.15, 0.2) is 53.4 Å². The Labute approximate surface area is 162 Å². The van der Waals surface area contributed by atoms with Crippen LogP contribution in [0.4, 0.5) is 10.1 Å². The Morgan fingerprint density at radius 3 is 2.14 bits per heavy atom. The van der Waals surface area contributed by atoms with Gasteiger partial charge in [-0.05, 0) is 48.5 Å². The van der Waals surface area contributed by atoms with Crippen molar-refractivity contribution in [3.63, 3.8) is 0 Å². The molecule has 0 fully saturated rings. The lowest BCUT2D eigenvalue weighted by atomic mass is 10.2. The zero-order valence-electron chi connectivity index (χ0n) is 15.5. The first kappa shape index (κ1) is 21.5. The van der Waals surface area contributed by atoms with Crippen molar-refractivity contribution >= 4 is 27.5 Å². The second-order valence-electron chi connectivity index (χ2n) is 5.84. The molecule has 0 radical (unpaired) electrons. The summed E-state index contributed by atoms with van der Waals surface area (Å²) in [6.07, 6.45) is 0. The molecule has 8 nitrogen and oxygen atoms in total. The van der Waals surface area contributed by atoms with Crippen molar-refractivity contribution in [1.29, 1.82) is 0 Å². The Balaban J connectivity index is 2.02. The van der Waals surface area contributed by atoms with Gasteiger partial charge in [-0.3, -0.25) is 14.4 Å². The molecule has 0 saturated carbocycles. The molecule has 0 heterocycles. The lowest BCUT2D eigenvalue weighted by molar-refractivity contribution is -0.116. The summed E-state index contributed by atoms with van der Waals surface area (Å²) < 4.78 is 37.9. The predicted octanol–water partition coefficient (Wildman–Crippen LogP) is 1.72. The van der Waals surface area contributed by atoms with Crippen LogP contribution in [0.2, 0.25) is 0 Å². The largest absolute Gasteiger partial charge is 0.332 e. The van der Waals surface area contributed by atoms with E-state index in [1.54, 1.807) is 0 Å². The topological polar surface area (TPSA) is 96.0 Å². The molecule has 10 heteroatoms. The molecule has 2 aromatic carbocycles. The maximum absolute atomic E-state index is 12.9. The van der Waals surface area contributed by atoms with Gasteiger partial charge in [-0.25, -0.2) is 12.8 Å². The first-order chi connectivity index (χ1) is 13.1. The van der Waals surface area contributed by atoms with Crippen LogP contribution in [0.5, 0.6) is 0 Å². The third-order valence-electron chi connectivity index (χ3n) is 3.85. The quantitative estimate of drug-likeness (QED) is 0.703. The minimum Gasteiger partial charge on any atom is -0.332 e. The molecule has 150 valence electrons. The number of carbonyl (C=O) groups excluding carboxylic acids is 2. The number of carbonyl (C=O) groups is 2. The lowest BCUT2D eigenvalue weighted by Crippen LogP contribution is -2.35. The normalized spacial score (nSPS) is 11.3. The van der Waals surface area contributed by atoms with E-state index in [9.17, 15) is 22.4 Å². The SMILES string of the molecule is CON(C)S(=O)(=O)c1ccc(C(=O)N(C)CC(=O)Nc2ccc(F)cc2)cc1. The van der Waals surface area contributed by atoms with Crippen LogP contribution in [-0.2, 0) is 19.7 Å². The van der Waals surface area contributed by atoms with Crippen LogP contribution in [0, 0.1) is 5.82 Å². The molecular weight excluding hydrogens is 389 g/mol. The Hall–Kier alpha value is -2.82. The number of hydroxylamine groups is 1. The molecule has 28 heavy (non-hydrogen) atoms. The number of benzene rings is 2. The Morgan fingerprint density at radius 2 is 1.61 bits per heavy atom. The third-order valence-corrected chi connectivity index (χ3v) is 5.54. The summed E-state index contributed by atoms with van der Waals surface area (Å²) in [5.41, 5.74) is 0.625. The standard InChI is InChI=1S/C18H20FN3O5S/c1-21(12-17(23)20-15-8-6-14(19)7-9-15)18(24)13-4-10-16(11-5-13)28(25,26)22(2)27-3/h4-11H,12H2,1-3H3,(H,20,23). The lowest BCUT2D eigenvalue weighted by Gasteiger charge is -2.18. The average Bonchev–Trinajstić information content (AvgIpc) is 2.68. The zero-order valence-corrected chi connectivity index (χ0v) is 16.4. The molecule has 0 unspecified atom stereocenters. The second kappa shape index (κ2) is 8.91. The number of anilines is 1. The van der Waals surface area contributed by atoms with Gasteiger partial charge >= 0.3 is 0 Å². The Kier molecular flexibility index (Phi) is 6.84. The van der Waals surface area contributed by atoms with E-state index < -0.39 is 27.7 Å². The van der Waals surface area contributed by atoms with Crippen molar-refractivity contribution in [2.75, 3.05) is 33.1 Å². The molecule has 0 saturated heterocycles. The summed E-state index contributed by atoms with van der Waals surface area (Å²) in [7, 11) is 0.103. The first-order valence-corrected chi connectivity index (χ1v) is 9.53. The summed E-state index contributed by atoms with van der Waals surface area (Å²) in [6.45, 7) is -0.233. The molecular formula is C18H20FN3O5S. The summed E-state index contributed by atoms with van der Waals surface area (Å²) in [5, 5.41) is 2.56. The number of likely N-dealkylation sites (N-methyl/N-ethyl adjacent to an activating group) is 1. The summed E-state index contributed by atoms with van der Waals surface area (Å²) in [4.78, 5) is 30.3. The van der Waals surface area contributed by atoms with Gasteiger partial charge in [-0.15, -0.1) is 0 Å². The highest BCUT2D eigenvalue weighted by atomic mass is 32.2. The van der Waals surface area contributed by atoms with E-state index in [4.69, 9.17) is 0 Å². The van der Waals surface area contributed by atoms with E-state index in [0.717, 1.165) is 0 Å². The minimum atomic E-state index is -3.81. The maximum Gasteiger partial charge on any atom is 0.264 e. The van der Waals surface area contributed by atoms with Gasteiger partial charge in [0.2, 0.25) is 5.91 Å². The summed E-state index contributed by atoms with van der Waals surface area (Å²) in [6, 6.07) is 10.5. The van der Waals surface area contributed by atoms with E-state index in [1.165, 1.54) is 74.6 Å². The minimum absolute atomic E-state index is 0.0369. The van der Waals surface area contributed by atoms with Gasteiger partial charge in [-0.1, -0.05) is 4.47 Å². The van der Waals surface area contributed by atoms with Crippen molar-refractivity contribution in [2.24, 2.45) is 0 Å². The van der Waals surface area contributed by atoms with Crippen molar-refractivity contribution in [3.05, 3.63) is 59.9 Å². The summed E-state index contributed by atoms with van der Waals surface area (Å²) in [5.74, 6) is -1.34. The number of hydrogen-bond donors (Lipinski definition) is 1. The van der Waals surface area contributed by atoms with E-state index in [-0.39, 0.29) is 17.0 Å². The zero-order chi connectivity index (χ0) is 20.9. The number of sulfonamides is 1. The van der Waals surface area contributed by atoms with Crippen LogP contribution < -0.4 is 5.32 Å². The van der Waals surface area contributed by atoms with E-state index in [0.29, 0.717) is 10.2 Å². The Bertz CT molecular complexity index is 946. The molecule has 0 aliphatic carbocycles. The monoisotopic (exact) mass is 409 g/mol. The molecule has 0 aromatic heterocycles. The first-order valence-electron chi connectivity index (χ1n) is 8.09. The van der Waals surface area contributed by atoms with Crippen LogP contribution in [-0.4, -0.2) is 57.4 Å². The van der Waals surface area contributed by atoms with E-state index in [2.05, 4.69) is 10.2 Å². The average molecular weight is 409 g/mol. The molecule has 2 amide bonds. The number of nitrogens with zero attached hydrogens (tertiary/aromatic N) is 2. The van der Waals surface area contributed by atoms with Crippen molar-refractivity contribution in [1.82, 2.24) is 9.37 Å². The van der Waals surface area contributed by atoms with E-state index >= 15 is 0 Å². The van der Waals surface area contributed by atoms with Crippen LogP contribution in [0.3, 0.4) is 0 Å². The number of halogens is 1. The summed E-state index contributed by atoms with van der Waals surface area (Å²) >= 11 is 0. The molecule has 1 N–H and O–H groups in total. The highest BCUT2D eigenvalue weighted by molar-refractivity contribution is 7.89. The fourth-order valence-corrected chi connectivity index (χ4v) is 3.23. The highest BCUT2D eigenvalue weighted by Gasteiger charge is 2.22. The van der Waals surface area contributed by atoms with Crippen LogP contribution >= 0.6 is 0 Å². The van der Waals surface area contributed by atoms with Gasteiger partial charge in [0, 0.05) is 25.3 Å². The van der Waals surface area contributed by atoms with Crippen molar-refractivity contribution in [3.8, 4) is 0 Å². The smallest absolute Gasteiger partial charge is 0.264 e. The fraction of sp³-hybridized carbons (Fsp3) is 0.222. The van der Waals surface area contributed by atoms with Gasteiger partial charge in [0.05, 0.1) is 18.6 Å². The number of hydrogen-bond acceptors (Lipinski definition) is 5. The van der Waals surface area contributed by atoms with Gasteiger partial charge in [0.25, 0.3) is 15.9 Å². The highest BCUT2D eigenvalue weighted by Crippen LogP contribution is 2.16. The van der Waals surface area contributed by atoms with Gasteiger partial charge in [0.1, 0.15) is 5.82 Å². The van der Waals surface area contributed by atoms with Gasteiger partial charge < -0.3 is 10.2 Å². The number of rotatable bonds is 7. The van der Waals surface area contributed by atoms with Crippen molar-refractivity contribution in [2.45, 2.75) is 4.90 Å². The van der Waals surface area contributed by atoms with Gasteiger partial charge in [-0.2, -0.15) is 0 Å². The molecule has 0 spiro atoms. The van der Waals surface area contributed by atoms with Crippen LogP contribution in [0.1, 0.15) is 10.4 Å². The number of nitrogens with one attached hydrogen (secondary N) is 1. The molecule has 2 aromatic rings.